The standard InChI is InChI=1S/C16H27N3O/c1-18-12-7-14(17-18)13-15(20)16(8-3-4-9-16)19-10-5-2-6-11-19/h7,12,15,20H,2-6,8-11,13H2,1H3. The Morgan fingerprint density at radius 3 is 2.50 bits per heavy atom. The van der Waals surface area contributed by atoms with Gasteiger partial charge in [0.05, 0.1) is 11.8 Å². The van der Waals surface area contributed by atoms with E-state index in [0.717, 1.165) is 18.5 Å². The lowest BCUT2D eigenvalue weighted by Gasteiger charge is -2.46. The molecule has 2 heterocycles. The van der Waals surface area contributed by atoms with Gasteiger partial charge in [-0.05, 0) is 44.8 Å². The van der Waals surface area contributed by atoms with E-state index in [0.29, 0.717) is 6.42 Å². The first kappa shape index (κ1) is 14.1. The van der Waals surface area contributed by atoms with Crippen molar-refractivity contribution < 1.29 is 5.11 Å². The van der Waals surface area contributed by atoms with Gasteiger partial charge >= 0.3 is 0 Å². The van der Waals surface area contributed by atoms with Crippen LogP contribution in [0, 0.1) is 0 Å². The Hall–Kier alpha value is -0.870. The molecule has 0 amide bonds. The summed E-state index contributed by atoms with van der Waals surface area (Å²) in [5.74, 6) is 0. The SMILES string of the molecule is Cn1ccc(CC(O)C2(N3CCCCC3)CCCC2)n1. The monoisotopic (exact) mass is 277 g/mol. The Bertz CT molecular complexity index is 431. The highest BCUT2D eigenvalue weighted by Gasteiger charge is 2.45. The summed E-state index contributed by atoms with van der Waals surface area (Å²) in [4.78, 5) is 2.59. The molecule has 112 valence electrons. The number of aliphatic hydroxyl groups is 1. The van der Waals surface area contributed by atoms with Crippen LogP contribution in [0.1, 0.15) is 50.6 Å². The molecule has 0 aromatic carbocycles. The number of aliphatic hydroxyl groups excluding tert-OH is 1. The zero-order valence-corrected chi connectivity index (χ0v) is 12.6. The van der Waals surface area contributed by atoms with Gasteiger partial charge in [0, 0.05) is 25.2 Å². The molecule has 1 saturated carbocycles. The van der Waals surface area contributed by atoms with Gasteiger partial charge < -0.3 is 5.11 Å². The van der Waals surface area contributed by atoms with Crippen molar-refractivity contribution in [1.29, 1.82) is 0 Å². The normalized spacial score (nSPS) is 24.9. The number of rotatable bonds is 4. The Morgan fingerprint density at radius 1 is 1.20 bits per heavy atom. The van der Waals surface area contributed by atoms with Crippen molar-refractivity contribution in [2.45, 2.75) is 63.0 Å². The molecule has 0 radical (unpaired) electrons. The summed E-state index contributed by atoms with van der Waals surface area (Å²) in [5.41, 5.74) is 1.04. The smallest absolute Gasteiger partial charge is 0.0779 e. The minimum atomic E-state index is -0.280. The number of aromatic nitrogens is 2. The maximum absolute atomic E-state index is 10.9. The number of hydrogen-bond acceptors (Lipinski definition) is 3. The van der Waals surface area contributed by atoms with Crippen LogP contribution in [0.25, 0.3) is 0 Å². The fourth-order valence-electron chi connectivity index (χ4n) is 4.15. The minimum absolute atomic E-state index is 0.0257. The molecule has 2 aliphatic rings. The van der Waals surface area contributed by atoms with Gasteiger partial charge in [0.15, 0.2) is 0 Å². The molecule has 1 aromatic heterocycles. The Morgan fingerprint density at radius 2 is 1.90 bits per heavy atom. The Labute approximate surface area is 121 Å². The first-order chi connectivity index (χ1) is 9.71. The molecule has 1 aliphatic carbocycles. The number of nitrogens with zero attached hydrogens (tertiary/aromatic N) is 3. The predicted molar refractivity (Wildman–Crippen MR) is 79.5 cm³/mol. The van der Waals surface area contributed by atoms with Crippen molar-refractivity contribution in [1.82, 2.24) is 14.7 Å². The molecule has 4 nitrogen and oxygen atoms in total. The molecule has 1 aromatic rings. The molecule has 2 fully saturated rings. The van der Waals surface area contributed by atoms with Crippen molar-refractivity contribution in [2.75, 3.05) is 13.1 Å². The molecule has 0 spiro atoms. The van der Waals surface area contributed by atoms with Gasteiger partial charge in [-0.2, -0.15) is 5.10 Å². The van der Waals surface area contributed by atoms with Crippen LogP contribution in [0.4, 0.5) is 0 Å². The number of likely N-dealkylation sites (tertiary alicyclic amines) is 1. The predicted octanol–water partition coefficient (Wildman–Crippen LogP) is 2.12. The van der Waals surface area contributed by atoms with Gasteiger partial charge in [-0.1, -0.05) is 19.3 Å². The van der Waals surface area contributed by atoms with E-state index in [1.165, 1.54) is 45.2 Å². The molecule has 3 rings (SSSR count). The minimum Gasteiger partial charge on any atom is -0.391 e. The maximum atomic E-state index is 10.9. The molecule has 1 N–H and O–H groups in total. The van der Waals surface area contributed by atoms with Crippen molar-refractivity contribution in [3.05, 3.63) is 18.0 Å². The third-order valence-corrected chi connectivity index (χ3v) is 5.25. The zero-order valence-electron chi connectivity index (χ0n) is 12.6. The zero-order chi connectivity index (χ0) is 14.0. The quantitative estimate of drug-likeness (QED) is 0.916. The van der Waals surface area contributed by atoms with Gasteiger partial charge in [-0.3, -0.25) is 9.58 Å². The molecule has 1 unspecified atom stereocenters. The molecular formula is C16H27N3O. The second-order valence-corrected chi connectivity index (χ2v) is 6.56. The summed E-state index contributed by atoms with van der Waals surface area (Å²) in [5, 5.41) is 15.4. The molecule has 0 bridgehead atoms. The molecule has 1 aliphatic heterocycles. The molecule has 1 atom stereocenters. The van der Waals surface area contributed by atoms with Gasteiger partial charge in [0.25, 0.3) is 0 Å². The van der Waals surface area contributed by atoms with E-state index < -0.39 is 0 Å². The van der Waals surface area contributed by atoms with Gasteiger partial charge in [-0.15, -0.1) is 0 Å². The number of aryl methyl sites for hydroxylation is 1. The lowest BCUT2D eigenvalue weighted by Crippen LogP contribution is -2.57. The summed E-state index contributed by atoms with van der Waals surface area (Å²) in [6.07, 6.45) is 11.1. The average molecular weight is 277 g/mol. The summed E-state index contributed by atoms with van der Waals surface area (Å²) in [6.45, 7) is 2.33. The van der Waals surface area contributed by atoms with Gasteiger partial charge in [0.1, 0.15) is 0 Å². The van der Waals surface area contributed by atoms with E-state index in [4.69, 9.17) is 0 Å². The molecule has 20 heavy (non-hydrogen) atoms. The second kappa shape index (κ2) is 5.86. The Kier molecular flexibility index (Phi) is 4.13. The van der Waals surface area contributed by atoms with E-state index in [1.54, 1.807) is 0 Å². The summed E-state index contributed by atoms with van der Waals surface area (Å²) < 4.78 is 1.82. The first-order valence-corrected chi connectivity index (χ1v) is 8.12. The third kappa shape index (κ3) is 2.63. The van der Waals surface area contributed by atoms with Crippen molar-refractivity contribution in [3.63, 3.8) is 0 Å². The molecule has 1 saturated heterocycles. The lowest BCUT2D eigenvalue weighted by atomic mass is 9.84. The molecule has 4 heteroatoms. The van der Waals surface area contributed by atoms with Gasteiger partial charge in [0.2, 0.25) is 0 Å². The fourth-order valence-corrected chi connectivity index (χ4v) is 4.15. The van der Waals surface area contributed by atoms with E-state index in [1.807, 2.05) is 24.0 Å². The van der Waals surface area contributed by atoms with E-state index in [2.05, 4.69) is 10.00 Å². The van der Waals surface area contributed by atoms with Crippen LogP contribution in [0.2, 0.25) is 0 Å². The fraction of sp³-hybridized carbons (Fsp3) is 0.812. The maximum Gasteiger partial charge on any atom is 0.0779 e. The highest BCUT2D eigenvalue weighted by molar-refractivity contribution is 5.08. The van der Waals surface area contributed by atoms with Gasteiger partial charge in [-0.25, -0.2) is 0 Å². The Balaban J connectivity index is 1.75. The van der Waals surface area contributed by atoms with Crippen molar-refractivity contribution in [3.8, 4) is 0 Å². The third-order valence-electron chi connectivity index (χ3n) is 5.25. The summed E-state index contributed by atoms with van der Waals surface area (Å²) in [6, 6.07) is 2.03. The van der Waals surface area contributed by atoms with Crippen LogP contribution in [0.3, 0.4) is 0 Å². The van der Waals surface area contributed by atoms with Crippen LogP contribution < -0.4 is 0 Å². The highest BCUT2D eigenvalue weighted by Crippen LogP contribution is 2.40. The van der Waals surface area contributed by atoms with Crippen LogP contribution >= 0.6 is 0 Å². The number of hydrogen-bond donors (Lipinski definition) is 1. The lowest BCUT2D eigenvalue weighted by molar-refractivity contribution is -0.0385. The van der Waals surface area contributed by atoms with E-state index >= 15 is 0 Å². The number of piperidine rings is 1. The topological polar surface area (TPSA) is 41.3 Å². The summed E-state index contributed by atoms with van der Waals surface area (Å²) >= 11 is 0. The first-order valence-electron chi connectivity index (χ1n) is 8.12. The van der Waals surface area contributed by atoms with E-state index in [-0.39, 0.29) is 11.6 Å². The second-order valence-electron chi connectivity index (χ2n) is 6.56. The van der Waals surface area contributed by atoms with Crippen LogP contribution in [0.5, 0.6) is 0 Å². The highest BCUT2D eigenvalue weighted by atomic mass is 16.3. The van der Waals surface area contributed by atoms with E-state index in [9.17, 15) is 5.11 Å². The van der Waals surface area contributed by atoms with Crippen LogP contribution in [-0.2, 0) is 13.5 Å². The average Bonchev–Trinajstić information content (AvgIpc) is 3.10. The summed E-state index contributed by atoms with van der Waals surface area (Å²) in [7, 11) is 1.94. The van der Waals surface area contributed by atoms with Crippen molar-refractivity contribution >= 4 is 0 Å². The van der Waals surface area contributed by atoms with Crippen LogP contribution in [-0.4, -0.2) is 44.5 Å². The van der Waals surface area contributed by atoms with Crippen molar-refractivity contribution in [2.24, 2.45) is 7.05 Å². The largest absolute Gasteiger partial charge is 0.391 e. The van der Waals surface area contributed by atoms with Crippen LogP contribution in [0.15, 0.2) is 12.3 Å². The molecular weight excluding hydrogens is 250 g/mol.